The van der Waals surface area contributed by atoms with E-state index in [2.05, 4.69) is 15.5 Å². The van der Waals surface area contributed by atoms with Crippen LogP contribution in [0.1, 0.15) is 10.8 Å². The predicted octanol–water partition coefficient (Wildman–Crippen LogP) is 4.75. The molecule has 0 radical (unpaired) electrons. The first-order valence-electron chi connectivity index (χ1n) is 9.81. The van der Waals surface area contributed by atoms with Gasteiger partial charge in [0.2, 0.25) is 5.89 Å². The van der Waals surface area contributed by atoms with Gasteiger partial charge in [0, 0.05) is 10.5 Å². The average molecular weight is 446 g/mol. The Morgan fingerprint density at radius 3 is 2.19 bits per heavy atom. The molecule has 0 bridgehead atoms. The minimum atomic E-state index is -0.612. The molecule has 1 unspecified atom stereocenters. The smallest absolute Gasteiger partial charge is 0.324 e. The van der Waals surface area contributed by atoms with Gasteiger partial charge in [-0.2, -0.15) is 0 Å². The van der Waals surface area contributed by atoms with Gasteiger partial charge in [-0.15, -0.1) is 16.9 Å². The number of rotatable bonds is 8. The zero-order valence-electron chi connectivity index (χ0n) is 16.9. The van der Waals surface area contributed by atoms with E-state index in [9.17, 15) is 9.59 Å². The van der Waals surface area contributed by atoms with Crippen LogP contribution in [-0.2, 0) is 14.3 Å². The molecule has 0 saturated carbocycles. The number of nitrogens with one attached hydrogen (secondary N) is 1. The molecule has 0 spiro atoms. The number of hydrogen-bond donors (Lipinski definition) is 1. The molecule has 1 heterocycles. The van der Waals surface area contributed by atoms with Gasteiger partial charge in [0.05, 0.1) is 0 Å². The van der Waals surface area contributed by atoms with Crippen LogP contribution < -0.4 is 5.32 Å². The summed E-state index contributed by atoms with van der Waals surface area (Å²) in [6.07, 6.45) is 0. The molecule has 8 heteroatoms. The first-order valence-corrected chi connectivity index (χ1v) is 10.7. The molecule has 4 rings (SSSR count). The zero-order valence-corrected chi connectivity index (χ0v) is 17.7. The van der Waals surface area contributed by atoms with Gasteiger partial charge in [-0.05, 0) is 29.8 Å². The Hall–Kier alpha value is -3.91. The van der Waals surface area contributed by atoms with E-state index in [1.54, 1.807) is 0 Å². The van der Waals surface area contributed by atoms with E-state index in [1.807, 2.05) is 91.0 Å². The number of amides is 1. The summed E-state index contributed by atoms with van der Waals surface area (Å²) in [5, 5.41) is 9.55. The van der Waals surface area contributed by atoms with Crippen molar-refractivity contribution in [3.63, 3.8) is 0 Å². The number of nitrogens with zero attached hydrogens (tertiary/aromatic N) is 2. The number of esters is 1. The Balaban J connectivity index is 1.37. The van der Waals surface area contributed by atoms with Crippen molar-refractivity contribution < 1.29 is 18.7 Å². The summed E-state index contributed by atoms with van der Waals surface area (Å²) in [7, 11) is 0. The Morgan fingerprint density at radius 1 is 0.875 bits per heavy atom. The molecule has 0 aliphatic carbocycles. The quantitative estimate of drug-likeness (QED) is 0.309. The Kier molecular flexibility index (Phi) is 6.94. The molecule has 160 valence electrons. The number of ether oxygens (including phenoxy) is 1. The molecule has 1 N–H and O–H groups in total. The highest BCUT2D eigenvalue weighted by Gasteiger charge is 2.24. The highest BCUT2D eigenvalue weighted by Crippen LogP contribution is 2.36. The van der Waals surface area contributed by atoms with Crippen molar-refractivity contribution in [2.75, 3.05) is 11.9 Å². The molecule has 4 aromatic rings. The minimum absolute atomic E-state index is 0.0665. The highest BCUT2D eigenvalue weighted by molar-refractivity contribution is 8.00. The lowest BCUT2D eigenvalue weighted by molar-refractivity contribution is -0.146. The zero-order chi connectivity index (χ0) is 22.2. The summed E-state index contributed by atoms with van der Waals surface area (Å²) in [5.74, 6) is -0.810. The third-order valence-corrected chi connectivity index (χ3v) is 5.60. The molecule has 0 saturated heterocycles. The van der Waals surface area contributed by atoms with E-state index in [1.165, 1.54) is 11.8 Å². The first-order chi connectivity index (χ1) is 15.7. The van der Waals surface area contributed by atoms with Crippen molar-refractivity contribution in [1.82, 2.24) is 10.2 Å². The van der Waals surface area contributed by atoms with Gasteiger partial charge in [-0.3, -0.25) is 14.9 Å². The number of carbonyl (C=O) groups excluding carboxylic acids is 2. The fourth-order valence-electron chi connectivity index (χ4n) is 2.85. The van der Waals surface area contributed by atoms with Crippen LogP contribution in [-0.4, -0.2) is 28.7 Å². The maximum absolute atomic E-state index is 12.8. The average Bonchev–Trinajstić information content (AvgIpc) is 3.31. The molecule has 1 aromatic heterocycles. The topological polar surface area (TPSA) is 94.3 Å². The summed E-state index contributed by atoms with van der Waals surface area (Å²) < 4.78 is 10.7. The summed E-state index contributed by atoms with van der Waals surface area (Å²) in [6, 6.07) is 27.9. The van der Waals surface area contributed by atoms with Crippen molar-refractivity contribution in [3.8, 4) is 11.5 Å². The number of aromatic nitrogens is 2. The van der Waals surface area contributed by atoms with E-state index >= 15 is 0 Å². The standard InChI is InChI=1S/C24H19N3O4S/c28-20(25-24-27-26-22(31-24)18-12-6-2-7-13-18)16-30-23(29)21(17-10-4-1-5-11-17)32-19-14-8-3-9-15-19/h1-15,21H,16H2,(H,25,27,28). The fourth-order valence-corrected chi connectivity index (χ4v) is 3.90. The Labute approximate surface area is 188 Å². The largest absolute Gasteiger partial charge is 0.454 e. The van der Waals surface area contributed by atoms with Gasteiger partial charge >= 0.3 is 12.0 Å². The second-order valence-corrected chi connectivity index (χ2v) is 7.83. The van der Waals surface area contributed by atoms with Crippen molar-refractivity contribution in [1.29, 1.82) is 0 Å². The Morgan fingerprint density at radius 2 is 1.50 bits per heavy atom. The maximum Gasteiger partial charge on any atom is 0.324 e. The van der Waals surface area contributed by atoms with Crippen molar-refractivity contribution in [3.05, 3.63) is 96.6 Å². The molecule has 7 nitrogen and oxygen atoms in total. The van der Waals surface area contributed by atoms with Gasteiger partial charge in [-0.25, -0.2) is 0 Å². The van der Waals surface area contributed by atoms with Crippen LogP contribution in [0.3, 0.4) is 0 Å². The van der Waals surface area contributed by atoms with E-state index in [0.29, 0.717) is 0 Å². The monoisotopic (exact) mass is 445 g/mol. The molecular formula is C24H19N3O4S. The van der Waals surface area contributed by atoms with Crippen LogP contribution in [0.25, 0.3) is 11.5 Å². The normalized spacial score (nSPS) is 11.5. The lowest BCUT2D eigenvalue weighted by atomic mass is 10.1. The van der Waals surface area contributed by atoms with Gasteiger partial charge in [0.1, 0.15) is 5.25 Å². The maximum atomic E-state index is 12.8. The van der Waals surface area contributed by atoms with Gasteiger partial charge < -0.3 is 9.15 Å². The predicted molar refractivity (Wildman–Crippen MR) is 121 cm³/mol. The molecule has 32 heavy (non-hydrogen) atoms. The number of anilines is 1. The fraction of sp³-hybridized carbons (Fsp3) is 0.0833. The lowest BCUT2D eigenvalue weighted by Crippen LogP contribution is -2.23. The SMILES string of the molecule is O=C(COC(=O)C(Sc1ccccc1)c1ccccc1)Nc1nnc(-c2ccccc2)o1. The van der Waals surface area contributed by atoms with E-state index in [4.69, 9.17) is 9.15 Å². The second-order valence-electron chi connectivity index (χ2n) is 6.66. The third-order valence-electron chi connectivity index (χ3n) is 4.35. The third kappa shape index (κ3) is 5.61. The molecular weight excluding hydrogens is 426 g/mol. The van der Waals surface area contributed by atoms with E-state index in [0.717, 1.165) is 16.0 Å². The van der Waals surface area contributed by atoms with Gasteiger partial charge in [0.15, 0.2) is 6.61 Å². The molecule has 3 aromatic carbocycles. The van der Waals surface area contributed by atoms with E-state index < -0.39 is 23.7 Å². The Bertz CT molecular complexity index is 1170. The lowest BCUT2D eigenvalue weighted by Gasteiger charge is -2.16. The summed E-state index contributed by atoms with van der Waals surface area (Å²) in [6.45, 7) is -0.472. The summed E-state index contributed by atoms with van der Waals surface area (Å²) >= 11 is 1.36. The number of carbonyl (C=O) groups is 2. The number of thioether (sulfide) groups is 1. The molecule has 1 atom stereocenters. The minimum Gasteiger partial charge on any atom is -0.454 e. The van der Waals surface area contributed by atoms with Crippen molar-refractivity contribution >= 4 is 29.7 Å². The van der Waals surface area contributed by atoms with Crippen LogP contribution >= 0.6 is 11.8 Å². The second kappa shape index (κ2) is 10.4. The van der Waals surface area contributed by atoms with Gasteiger partial charge in [-0.1, -0.05) is 71.8 Å². The molecule has 0 aliphatic rings. The van der Waals surface area contributed by atoms with Crippen LogP contribution in [0.15, 0.2) is 100 Å². The molecule has 0 aliphatic heterocycles. The van der Waals surface area contributed by atoms with Crippen molar-refractivity contribution in [2.45, 2.75) is 10.1 Å². The summed E-state index contributed by atoms with van der Waals surface area (Å²) in [5.41, 5.74) is 1.52. The van der Waals surface area contributed by atoms with Crippen LogP contribution in [0, 0.1) is 0 Å². The highest BCUT2D eigenvalue weighted by atomic mass is 32.2. The number of hydrogen-bond acceptors (Lipinski definition) is 7. The van der Waals surface area contributed by atoms with Crippen LogP contribution in [0.5, 0.6) is 0 Å². The van der Waals surface area contributed by atoms with E-state index in [-0.39, 0.29) is 11.9 Å². The number of benzene rings is 3. The van der Waals surface area contributed by atoms with Crippen LogP contribution in [0.4, 0.5) is 6.01 Å². The first kappa shape index (κ1) is 21.3. The van der Waals surface area contributed by atoms with Crippen LogP contribution in [0.2, 0.25) is 0 Å². The molecule has 1 amide bonds. The summed E-state index contributed by atoms with van der Waals surface area (Å²) in [4.78, 5) is 26.0. The van der Waals surface area contributed by atoms with Gasteiger partial charge in [0.25, 0.3) is 5.91 Å². The molecule has 0 fully saturated rings. The van der Waals surface area contributed by atoms with Crippen molar-refractivity contribution in [2.24, 2.45) is 0 Å².